The van der Waals surface area contributed by atoms with Gasteiger partial charge in [0.25, 0.3) is 0 Å². The smallest absolute Gasteiger partial charge is 0.195 e. The summed E-state index contributed by atoms with van der Waals surface area (Å²) in [5.41, 5.74) is 1.28. The molecule has 1 N–H and O–H groups in total. The third-order valence-electron chi connectivity index (χ3n) is 3.14. The van der Waals surface area contributed by atoms with E-state index in [0.717, 1.165) is 20.3 Å². The molecule has 0 aliphatic heterocycles. The van der Waals surface area contributed by atoms with Gasteiger partial charge in [-0.15, -0.1) is 11.3 Å². The van der Waals surface area contributed by atoms with E-state index < -0.39 is 0 Å². The lowest BCUT2D eigenvalue weighted by molar-refractivity contribution is 0.319. The molecule has 0 unspecified atom stereocenters. The van der Waals surface area contributed by atoms with Crippen LogP contribution in [0.15, 0.2) is 52.4 Å². The fourth-order valence-electron chi connectivity index (χ4n) is 2.09. The minimum Gasteiger partial charge on any atom is -0.411 e. The summed E-state index contributed by atoms with van der Waals surface area (Å²) in [6, 6.07) is 13.1. The second-order valence-electron chi connectivity index (χ2n) is 4.32. The zero-order valence-electron chi connectivity index (χ0n) is 10.3. The summed E-state index contributed by atoms with van der Waals surface area (Å²) in [5, 5.41) is 13.4. The van der Waals surface area contributed by atoms with Crippen molar-refractivity contribution in [3.05, 3.63) is 58.3 Å². The van der Waals surface area contributed by atoms with E-state index in [9.17, 15) is 4.79 Å². The minimum absolute atomic E-state index is 0.0249. The number of rotatable bonds is 1. The third-order valence-corrected chi connectivity index (χ3v) is 4.30. The Morgan fingerprint density at radius 3 is 2.63 bits per heavy atom. The van der Waals surface area contributed by atoms with Crippen molar-refractivity contribution in [2.75, 3.05) is 0 Å². The maximum atomic E-state index is 12.5. The molecule has 1 heterocycles. The largest absolute Gasteiger partial charge is 0.411 e. The number of nitrogens with zero attached hydrogens (tertiary/aromatic N) is 1. The molecule has 19 heavy (non-hydrogen) atoms. The van der Waals surface area contributed by atoms with Gasteiger partial charge in [-0.25, -0.2) is 0 Å². The SMILES string of the molecule is C/C(=N\O)c1ccc2sc3ccccc3c(=O)c2c1. The zero-order valence-corrected chi connectivity index (χ0v) is 11.1. The molecule has 0 saturated carbocycles. The Morgan fingerprint density at radius 1 is 1.11 bits per heavy atom. The molecule has 0 aliphatic carbocycles. The van der Waals surface area contributed by atoms with Gasteiger partial charge in [-0.05, 0) is 36.8 Å². The summed E-state index contributed by atoms with van der Waals surface area (Å²) < 4.78 is 1.93. The quantitative estimate of drug-likeness (QED) is 0.317. The van der Waals surface area contributed by atoms with Crippen molar-refractivity contribution < 1.29 is 5.21 Å². The highest BCUT2D eigenvalue weighted by Crippen LogP contribution is 2.25. The van der Waals surface area contributed by atoms with Gasteiger partial charge in [0.15, 0.2) is 5.43 Å². The van der Waals surface area contributed by atoms with Crippen LogP contribution >= 0.6 is 11.3 Å². The Hall–Kier alpha value is -2.20. The standard InChI is InChI=1S/C15H11NO2S/c1-9(16-18)10-6-7-14-12(8-10)15(17)11-4-2-3-5-13(11)19-14/h2-8,18H,1H3/b16-9+. The predicted octanol–water partition coefficient (Wildman–Crippen LogP) is 3.61. The van der Waals surface area contributed by atoms with Gasteiger partial charge in [0, 0.05) is 20.2 Å². The van der Waals surface area contributed by atoms with Crippen LogP contribution in [-0.2, 0) is 0 Å². The van der Waals surface area contributed by atoms with Gasteiger partial charge in [0.2, 0.25) is 0 Å². The van der Waals surface area contributed by atoms with Gasteiger partial charge in [-0.1, -0.05) is 23.4 Å². The first-order chi connectivity index (χ1) is 9.20. The van der Waals surface area contributed by atoms with Crippen LogP contribution in [0.4, 0.5) is 0 Å². The highest BCUT2D eigenvalue weighted by Gasteiger charge is 2.07. The second kappa shape index (κ2) is 4.48. The molecule has 94 valence electrons. The van der Waals surface area contributed by atoms with Gasteiger partial charge in [-0.2, -0.15) is 0 Å². The van der Waals surface area contributed by atoms with E-state index in [0.29, 0.717) is 11.1 Å². The Kier molecular flexibility index (Phi) is 2.80. The first kappa shape index (κ1) is 11.9. The summed E-state index contributed by atoms with van der Waals surface area (Å²) in [5.74, 6) is 0. The van der Waals surface area contributed by atoms with Crippen molar-refractivity contribution in [2.45, 2.75) is 6.92 Å². The van der Waals surface area contributed by atoms with E-state index in [-0.39, 0.29) is 5.43 Å². The number of fused-ring (bicyclic) bond motifs is 2. The van der Waals surface area contributed by atoms with Crippen molar-refractivity contribution in [1.29, 1.82) is 0 Å². The summed E-state index contributed by atoms with van der Waals surface area (Å²) in [6.07, 6.45) is 0. The molecule has 0 bridgehead atoms. The van der Waals surface area contributed by atoms with Crippen LogP contribution in [0.5, 0.6) is 0 Å². The Morgan fingerprint density at radius 2 is 1.84 bits per heavy atom. The van der Waals surface area contributed by atoms with Gasteiger partial charge >= 0.3 is 0 Å². The molecule has 0 amide bonds. The van der Waals surface area contributed by atoms with E-state index in [4.69, 9.17) is 5.21 Å². The summed E-state index contributed by atoms with van der Waals surface area (Å²) in [7, 11) is 0. The van der Waals surface area contributed by atoms with Crippen molar-refractivity contribution in [3.8, 4) is 0 Å². The van der Waals surface area contributed by atoms with Crippen molar-refractivity contribution in [1.82, 2.24) is 0 Å². The second-order valence-corrected chi connectivity index (χ2v) is 5.41. The molecule has 0 atom stereocenters. The lowest BCUT2D eigenvalue weighted by atomic mass is 10.1. The number of hydrogen-bond donors (Lipinski definition) is 1. The highest BCUT2D eigenvalue weighted by molar-refractivity contribution is 7.24. The van der Waals surface area contributed by atoms with E-state index >= 15 is 0 Å². The van der Waals surface area contributed by atoms with Crippen LogP contribution in [0.1, 0.15) is 12.5 Å². The number of hydrogen-bond acceptors (Lipinski definition) is 4. The van der Waals surface area contributed by atoms with Crippen molar-refractivity contribution in [2.24, 2.45) is 5.16 Å². The molecule has 2 aromatic carbocycles. The molecule has 3 rings (SSSR count). The first-order valence-corrected chi connectivity index (χ1v) is 6.67. The molecule has 0 radical (unpaired) electrons. The minimum atomic E-state index is 0.0249. The highest BCUT2D eigenvalue weighted by atomic mass is 32.1. The van der Waals surface area contributed by atoms with Crippen LogP contribution in [0.25, 0.3) is 20.2 Å². The van der Waals surface area contributed by atoms with Crippen LogP contribution < -0.4 is 5.43 Å². The lowest BCUT2D eigenvalue weighted by Gasteiger charge is -2.03. The molecule has 0 saturated heterocycles. The van der Waals surface area contributed by atoms with E-state index in [1.807, 2.05) is 36.4 Å². The average molecular weight is 269 g/mol. The molecular formula is C15H11NO2S. The molecule has 0 spiro atoms. The van der Waals surface area contributed by atoms with Crippen LogP contribution in [0, 0.1) is 0 Å². The van der Waals surface area contributed by atoms with Gasteiger partial charge in [-0.3, -0.25) is 4.79 Å². The lowest BCUT2D eigenvalue weighted by Crippen LogP contribution is -2.03. The Labute approximate surface area is 113 Å². The molecule has 3 aromatic rings. The molecule has 1 aromatic heterocycles. The zero-order chi connectivity index (χ0) is 13.4. The molecular weight excluding hydrogens is 258 g/mol. The van der Waals surface area contributed by atoms with Crippen molar-refractivity contribution >= 4 is 37.2 Å². The monoisotopic (exact) mass is 269 g/mol. The van der Waals surface area contributed by atoms with Gasteiger partial charge < -0.3 is 5.21 Å². The van der Waals surface area contributed by atoms with Crippen LogP contribution in [0.3, 0.4) is 0 Å². The predicted molar refractivity (Wildman–Crippen MR) is 79.6 cm³/mol. The molecule has 3 nitrogen and oxygen atoms in total. The molecule has 0 aliphatic rings. The van der Waals surface area contributed by atoms with E-state index in [2.05, 4.69) is 5.16 Å². The normalized spacial score (nSPS) is 12.2. The number of benzene rings is 2. The fourth-order valence-corrected chi connectivity index (χ4v) is 3.14. The third kappa shape index (κ3) is 1.90. The number of oxime groups is 1. The fraction of sp³-hybridized carbons (Fsp3) is 0.0667. The van der Waals surface area contributed by atoms with E-state index in [1.165, 1.54) is 0 Å². The summed E-state index contributed by atoms with van der Waals surface area (Å²) >= 11 is 1.59. The van der Waals surface area contributed by atoms with Gasteiger partial charge in [0.1, 0.15) is 0 Å². The average Bonchev–Trinajstić information content (AvgIpc) is 2.46. The molecule has 0 fully saturated rings. The van der Waals surface area contributed by atoms with E-state index in [1.54, 1.807) is 24.3 Å². The maximum Gasteiger partial charge on any atom is 0.195 e. The Bertz CT molecular complexity index is 865. The molecule has 4 heteroatoms. The first-order valence-electron chi connectivity index (χ1n) is 5.85. The van der Waals surface area contributed by atoms with Crippen LogP contribution in [-0.4, -0.2) is 10.9 Å². The van der Waals surface area contributed by atoms with Gasteiger partial charge in [0.05, 0.1) is 5.71 Å². The topological polar surface area (TPSA) is 49.7 Å². The van der Waals surface area contributed by atoms with Crippen LogP contribution in [0.2, 0.25) is 0 Å². The summed E-state index contributed by atoms with van der Waals surface area (Å²) in [4.78, 5) is 12.5. The Balaban J connectivity index is 2.43. The maximum absolute atomic E-state index is 12.5. The summed E-state index contributed by atoms with van der Waals surface area (Å²) in [6.45, 7) is 1.70. The van der Waals surface area contributed by atoms with Crippen molar-refractivity contribution in [3.63, 3.8) is 0 Å².